The fraction of sp³-hybridized carbons (Fsp3) is 0.227. The van der Waals surface area contributed by atoms with Gasteiger partial charge in [0.2, 0.25) is 0 Å². The molecule has 0 aliphatic heterocycles. The molecule has 2 aromatic carbocycles. The fourth-order valence-electron chi connectivity index (χ4n) is 3.06. The Morgan fingerprint density at radius 3 is 2.43 bits per heavy atom. The molecule has 1 aromatic heterocycles. The van der Waals surface area contributed by atoms with Crippen molar-refractivity contribution in [1.29, 1.82) is 0 Å². The highest BCUT2D eigenvalue weighted by molar-refractivity contribution is 9.10. The Bertz CT molecular complexity index is 1070. The summed E-state index contributed by atoms with van der Waals surface area (Å²) in [5, 5.41) is 3.37. The van der Waals surface area contributed by atoms with Gasteiger partial charge < -0.3 is 19.9 Å². The Hall–Kier alpha value is -3.13. The number of H-pyrrole nitrogens is 1. The summed E-state index contributed by atoms with van der Waals surface area (Å²) >= 11 is 3.38. The lowest BCUT2D eigenvalue weighted by Crippen LogP contribution is -2.30. The minimum absolute atomic E-state index is 0.0582. The maximum absolute atomic E-state index is 12.3. The first-order chi connectivity index (χ1) is 14.4. The molecule has 0 saturated heterocycles. The molecule has 0 fully saturated rings. The molecule has 3 aromatic rings. The van der Waals surface area contributed by atoms with Crippen molar-refractivity contribution in [3.05, 3.63) is 64.3 Å². The number of rotatable bonds is 7. The summed E-state index contributed by atoms with van der Waals surface area (Å²) in [6.07, 6.45) is 1.56. The normalized spacial score (nSPS) is 10.6. The predicted molar refractivity (Wildman–Crippen MR) is 119 cm³/mol. The summed E-state index contributed by atoms with van der Waals surface area (Å²) < 4.78 is 5.98. The smallest absolute Gasteiger partial charge is 0.340 e. The number of hydrogen-bond donors (Lipinski definition) is 2. The lowest BCUT2D eigenvalue weighted by Gasteiger charge is -2.18. The van der Waals surface area contributed by atoms with E-state index in [-0.39, 0.29) is 5.91 Å². The number of nitrogens with one attached hydrogen (secondary N) is 2. The molecule has 0 aliphatic carbocycles. The van der Waals surface area contributed by atoms with Gasteiger partial charge >= 0.3 is 5.97 Å². The molecule has 0 bridgehead atoms. The van der Waals surface area contributed by atoms with Crippen LogP contribution in [-0.4, -0.2) is 47.4 Å². The number of aromatic nitrogens is 1. The summed E-state index contributed by atoms with van der Waals surface area (Å²) in [5.74, 6) is -1.11. The van der Waals surface area contributed by atoms with Crippen LogP contribution in [0.4, 0.5) is 5.69 Å². The van der Waals surface area contributed by atoms with Gasteiger partial charge in [-0.15, -0.1) is 0 Å². The molecule has 156 valence electrons. The van der Waals surface area contributed by atoms with Crippen LogP contribution in [0.1, 0.15) is 34.6 Å². The Kier molecular flexibility index (Phi) is 6.89. The fourth-order valence-corrected chi connectivity index (χ4v) is 3.42. The summed E-state index contributed by atoms with van der Waals surface area (Å²) in [6, 6.07) is 12.1. The van der Waals surface area contributed by atoms with Crippen molar-refractivity contribution in [3.8, 4) is 0 Å². The highest BCUT2D eigenvalue weighted by Crippen LogP contribution is 2.23. The van der Waals surface area contributed by atoms with Gasteiger partial charge in [0.15, 0.2) is 6.61 Å². The number of ether oxygens (including phenoxy) is 1. The Morgan fingerprint density at radius 2 is 1.77 bits per heavy atom. The predicted octanol–water partition coefficient (Wildman–Crippen LogP) is 4.21. The zero-order chi connectivity index (χ0) is 21.7. The number of fused-ring (bicyclic) bond motifs is 1. The number of halogens is 1. The second kappa shape index (κ2) is 9.58. The standard InChI is InChI=1S/C22H22BrN3O4/c1-3-26(4-2)21(28)14-5-8-16(9-6-14)25-20(27)13-30-22(29)18-12-24-19-10-7-15(23)11-17(18)19/h5-12,24H,3-4,13H2,1-2H3,(H,25,27). The quantitative estimate of drug-likeness (QED) is 0.504. The second-order valence-corrected chi connectivity index (χ2v) is 7.49. The van der Waals surface area contributed by atoms with Gasteiger partial charge in [-0.3, -0.25) is 9.59 Å². The number of aromatic amines is 1. The average molecular weight is 472 g/mol. The van der Waals surface area contributed by atoms with Gasteiger partial charge in [-0.2, -0.15) is 0 Å². The molecule has 7 nitrogen and oxygen atoms in total. The molecule has 30 heavy (non-hydrogen) atoms. The zero-order valence-corrected chi connectivity index (χ0v) is 18.3. The van der Waals surface area contributed by atoms with Crippen molar-refractivity contribution in [1.82, 2.24) is 9.88 Å². The van der Waals surface area contributed by atoms with Crippen LogP contribution in [-0.2, 0) is 9.53 Å². The van der Waals surface area contributed by atoms with Gasteiger partial charge in [0.05, 0.1) is 5.56 Å². The number of nitrogens with zero attached hydrogens (tertiary/aromatic N) is 1. The molecular formula is C22H22BrN3O4. The van der Waals surface area contributed by atoms with E-state index >= 15 is 0 Å². The van der Waals surface area contributed by atoms with E-state index in [4.69, 9.17) is 4.74 Å². The molecule has 3 rings (SSSR count). The number of amides is 2. The maximum Gasteiger partial charge on any atom is 0.340 e. The molecule has 0 atom stereocenters. The van der Waals surface area contributed by atoms with E-state index in [1.54, 1.807) is 35.4 Å². The van der Waals surface area contributed by atoms with Crippen molar-refractivity contribution >= 4 is 50.3 Å². The van der Waals surface area contributed by atoms with Crippen molar-refractivity contribution < 1.29 is 19.1 Å². The summed E-state index contributed by atoms with van der Waals surface area (Å²) in [7, 11) is 0. The summed E-state index contributed by atoms with van der Waals surface area (Å²) in [5.41, 5.74) is 2.23. The zero-order valence-electron chi connectivity index (χ0n) is 16.7. The number of hydrogen-bond acceptors (Lipinski definition) is 4. The second-order valence-electron chi connectivity index (χ2n) is 6.57. The third-order valence-corrected chi connectivity index (χ3v) is 5.16. The van der Waals surface area contributed by atoms with Crippen molar-refractivity contribution in [2.45, 2.75) is 13.8 Å². The van der Waals surface area contributed by atoms with Crippen LogP contribution in [0.15, 0.2) is 53.1 Å². The summed E-state index contributed by atoms with van der Waals surface area (Å²) in [4.78, 5) is 41.5. The topological polar surface area (TPSA) is 91.5 Å². The molecule has 0 unspecified atom stereocenters. The van der Waals surface area contributed by atoms with Crippen molar-refractivity contribution in [2.75, 3.05) is 25.0 Å². The lowest BCUT2D eigenvalue weighted by atomic mass is 10.1. The van der Waals surface area contributed by atoms with Gasteiger partial charge in [-0.1, -0.05) is 15.9 Å². The first-order valence-electron chi connectivity index (χ1n) is 9.55. The van der Waals surface area contributed by atoms with Crippen molar-refractivity contribution in [3.63, 3.8) is 0 Å². The minimum Gasteiger partial charge on any atom is -0.452 e. The molecule has 0 saturated carbocycles. The highest BCUT2D eigenvalue weighted by Gasteiger charge is 2.16. The van der Waals surface area contributed by atoms with Crippen LogP contribution in [0, 0.1) is 0 Å². The SMILES string of the molecule is CCN(CC)C(=O)c1ccc(NC(=O)COC(=O)c2c[nH]c3ccc(Br)cc23)cc1. The van der Waals surface area contributed by atoms with Crippen LogP contribution in [0.25, 0.3) is 10.9 Å². The van der Waals surface area contributed by atoms with Gasteiger partial charge in [-0.25, -0.2) is 4.79 Å². The first kappa shape index (κ1) is 21.6. The molecule has 0 spiro atoms. The van der Waals surface area contributed by atoms with Crippen LogP contribution in [0.5, 0.6) is 0 Å². The van der Waals surface area contributed by atoms with Gasteiger partial charge in [0.25, 0.3) is 11.8 Å². The maximum atomic E-state index is 12.3. The van der Waals surface area contributed by atoms with E-state index in [0.29, 0.717) is 35.3 Å². The Balaban J connectivity index is 1.57. The number of carbonyl (C=O) groups is 3. The molecular weight excluding hydrogens is 450 g/mol. The van der Waals surface area contributed by atoms with Crippen LogP contribution in [0.2, 0.25) is 0 Å². The van der Waals surface area contributed by atoms with Crippen LogP contribution >= 0.6 is 15.9 Å². The van der Waals surface area contributed by atoms with Crippen LogP contribution < -0.4 is 5.32 Å². The largest absolute Gasteiger partial charge is 0.452 e. The number of anilines is 1. The minimum atomic E-state index is -0.588. The molecule has 0 radical (unpaired) electrons. The molecule has 2 amide bonds. The van der Waals surface area contributed by atoms with Crippen molar-refractivity contribution in [2.24, 2.45) is 0 Å². The Morgan fingerprint density at radius 1 is 1.07 bits per heavy atom. The lowest BCUT2D eigenvalue weighted by molar-refractivity contribution is -0.119. The van der Waals surface area contributed by atoms with Crippen LogP contribution in [0.3, 0.4) is 0 Å². The van der Waals surface area contributed by atoms with Gasteiger partial charge in [-0.05, 0) is 56.3 Å². The van der Waals surface area contributed by atoms with E-state index in [9.17, 15) is 14.4 Å². The molecule has 1 heterocycles. The van der Waals surface area contributed by atoms with E-state index in [1.165, 1.54) is 0 Å². The van der Waals surface area contributed by atoms with Gasteiger partial charge in [0, 0.05) is 45.9 Å². The molecule has 0 aliphatic rings. The first-order valence-corrected chi connectivity index (χ1v) is 10.3. The molecule has 8 heteroatoms. The Labute approximate surface area is 182 Å². The summed E-state index contributed by atoms with van der Waals surface area (Å²) in [6.45, 7) is 4.69. The van der Waals surface area contributed by atoms with E-state index in [2.05, 4.69) is 26.2 Å². The monoisotopic (exact) mass is 471 g/mol. The third kappa shape index (κ3) is 4.88. The van der Waals surface area contributed by atoms with E-state index in [1.807, 2.05) is 32.0 Å². The van der Waals surface area contributed by atoms with E-state index in [0.717, 1.165) is 9.99 Å². The number of benzene rings is 2. The average Bonchev–Trinajstić information content (AvgIpc) is 3.16. The van der Waals surface area contributed by atoms with Gasteiger partial charge in [0.1, 0.15) is 0 Å². The number of carbonyl (C=O) groups excluding carboxylic acids is 3. The number of esters is 1. The highest BCUT2D eigenvalue weighted by atomic mass is 79.9. The van der Waals surface area contributed by atoms with E-state index < -0.39 is 18.5 Å². The molecule has 2 N–H and O–H groups in total. The third-order valence-electron chi connectivity index (χ3n) is 4.66.